The van der Waals surface area contributed by atoms with Gasteiger partial charge >= 0.3 is 11.7 Å². The minimum atomic E-state index is -4.70. The molecule has 0 aliphatic carbocycles. The molecule has 6 nitrogen and oxygen atoms in total. The number of amides is 1. The van der Waals surface area contributed by atoms with Crippen LogP contribution in [0.3, 0.4) is 0 Å². The third-order valence-corrected chi connectivity index (χ3v) is 4.33. The second kappa shape index (κ2) is 7.30. The second-order valence-electron chi connectivity index (χ2n) is 4.36. The molecule has 22 heavy (non-hydrogen) atoms. The maximum atomic E-state index is 12.4. The predicted molar refractivity (Wildman–Crippen MR) is 73.5 cm³/mol. The first kappa shape index (κ1) is 18.0. The number of hydrogen-bond acceptors (Lipinski definition) is 4. The van der Waals surface area contributed by atoms with Gasteiger partial charge in [-0.15, -0.1) is 0 Å². The lowest BCUT2D eigenvalue weighted by molar-refractivity contribution is -0.137. The number of sulfone groups is 1. The summed E-state index contributed by atoms with van der Waals surface area (Å²) in [6.45, 7) is 1.93. The van der Waals surface area contributed by atoms with Crippen LogP contribution < -0.4 is 0 Å². The van der Waals surface area contributed by atoms with E-state index in [9.17, 15) is 26.8 Å². The van der Waals surface area contributed by atoms with Gasteiger partial charge in [0.15, 0.2) is 0 Å². The summed E-state index contributed by atoms with van der Waals surface area (Å²) in [5.74, 6) is -5.08. The number of carboxylic acid groups (broad SMARTS) is 1. The van der Waals surface area contributed by atoms with E-state index < -0.39 is 32.4 Å². The van der Waals surface area contributed by atoms with Crippen LogP contribution in [0.1, 0.15) is 23.7 Å². The van der Waals surface area contributed by atoms with E-state index in [1.54, 1.807) is 6.92 Å². The molecule has 1 N–H and O–H groups in total. The van der Waals surface area contributed by atoms with E-state index in [0.29, 0.717) is 0 Å². The van der Waals surface area contributed by atoms with E-state index in [4.69, 9.17) is 5.11 Å². The lowest BCUT2D eigenvalue weighted by Crippen LogP contribution is -2.32. The number of halogens is 2. The maximum absolute atomic E-state index is 12.4. The molecule has 0 atom stereocenters. The van der Waals surface area contributed by atoms with Gasteiger partial charge in [-0.2, -0.15) is 8.78 Å². The van der Waals surface area contributed by atoms with Gasteiger partial charge < -0.3 is 10.0 Å². The number of carbonyl (C=O) groups is 2. The van der Waals surface area contributed by atoms with Gasteiger partial charge in [-0.3, -0.25) is 9.59 Å². The fourth-order valence-electron chi connectivity index (χ4n) is 1.71. The average molecular weight is 335 g/mol. The number of hydrogen-bond donors (Lipinski definition) is 1. The minimum Gasteiger partial charge on any atom is -0.481 e. The molecule has 1 amide bonds. The topological polar surface area (TPSA) is 91.8 Å². The minimum absolute atomic E-state index is 0.00174. The molecule has 1 aromatic rings. The normalized spacial score (nSPS) is 11.5. The van der Waals surface area contributed by atoms with Crippen LogP contribution in [-0.2, 0) is 14.6 Å². The van der Waals surface area contributed by atoms with Crippen molar-refractivity contribution in [1.29, 1.82) is 0 Å². The van der Waals surface area contributed by atoms with Crippen LogP contribution in [-0.4, -0.2) is 49.1 Å². The van der Waals surface area contributed by atoms with Crippen LogP contribution in [0, 0.1) is 0 Å². The molecule has 0 radical (unpaired) electrons. The lowest BCUT2D eigenvalue weighted by atomic mass is 10.2. The molecule has 0 fully saturated rings. The van der Waals surface area contributed by atoms with Gasteiger partial charge in [-0.1, -0.05) is 0 Å². The standard InChI is InChI=1S/C13H15F2NO5S/c1-2-16(8-7-11(17)18)12(19)9-3-5-10(6-4-9)22(20,21)13(14)15/h3-6,13H,2,7-8H2,1H3,(H,17,18). The first-order chi connectivity index (χ1) is 10.2. The first-order valence-corrected chi connectivity index (χ1v) is 7.88. The Balaban J connectivity index is 2.94. The van der Waals surface area contributed by atoms with Crippen LogP contribution in [0.25, 0.3) is 0 Å². The van der Waals surface area contributed by atoms with Crippen LogP contribution in [0.2, 0.25) is 0 Å². The molecular weight excluding hydrogens is 320 g/mol. The number of carboxylic acids is 1. The van der Waals surface area contributed by atoms with Gasteiger partial charge in [0.05, 0.1) is 11.3 Å². The van der Waals surface area contributed by atoms with Gasteiger partial charge in [0, 0.05) is 18.7 Å². The molecule has 0 heterocycles. The largest absolute Gasteiger partial charge is 0.481 e. The van der Waals surface area contributed by atoms with Crippen molar-refractivity contribution in [2.75, 3.05) is 13.1 Å². The molecule has 0 saturated heterocycles. The summed E-state index contributed by atoms with van der Waals surface area (Å²) in [6.07, 6.45) is -0.225. The molecule has 0 aliphatic rings. The summed E-state index contributed by atoms with van der Waals surface area (Å²) in [5.41, 5.74) is 0.0976. The first-order valence-electron chi connectivity index (χ1n) is 6.33. The van der Waals surface area contributed by atoms with Gasteiger partial charge in [-0.05, 0) is 31.2 Å². The van der Waals surface area contributed by atoms with Crippen molar-refractivity contribution in [2.45, 2.75) is 24.0 Å². The summed E-state index contributed by atoms with van der Waals surface area (Å²) in [7, 11) is -4.70. The molecule has 0 unspecified atom stereocenters. The molecule has 122 valence electrons. The number of carbonyl (C=O) groups excluding carboxylic acids is 1. The molecule has 0 aromatic heterocycles. The highest BCUT2D eigenvalue weighted by molar-refractivity contribution is 7.91. The number of nitrogens with zero attached hydrogens (tertiary/aromatic N) is 1. The van der Waals surface area contributed by atoms with E-state index in [-0.39, 0.29) is 25.1 Å². The Bertz CT molecular complexity index is 643. The molecule has 1 aromatic carbocycles. The van der Waals surface area contributed by atoms with Crippen molar-refractivity contribution < 1.29 is 31.9 Å². The van der Waals surface area contributed by atoms with Gasteiger partial charge in [0.25, 0.3) is 5.91 Å². The van der Waals surface area contributed by atoms with Crippen LogP contribution in [0.15, 0.2) is 29.2 Å². The number of aliphatic carboxylic acids is 1. The number of rotatable bonds is 7. The Kier molecular flexibility index (Phi) is 5.98. The van der Waals surface area contributed by atoms with E-state index in [1.807, 2.05) is 0 Å². The predicted octanol–water partition coefficient (Wildman–Crippen LogP) is 1.62. The smallest absolute Gasteiger partial charge is 0.341 e. The highest BCUT2D eigenvalue weighted by atomic mass is 32.2. The average Bonchev–Trinajstić information content (AvgIpc) is 2.47. The lowest BCUT2D eigenvalue weighted by Gasteiger charge is -2.20. The number of benzene rings is 1. The molecule has 9 heteroatoms. The van der Waals surface area contributed by atoms with Crippen molar-refractivity contribution in [1.82, 2.24) is 4.90 Å². The van der Waals surface area contributed by atoms with Crippen molar-refractivity contribution in [3.63, 3.8) is 0 Å². The SMILES string of the molecule is CCN(CCC(=O)O)C(=O)c1ccc(S(=O)(=O)C(F)F)cc1. The third-order valence-electron chi connectivity index (χ3n) is 2.93. The van der Waals surface area contributed by atoms with Crippen molar-refractivity contribution in [2.24, 2.45) is 0 Å². The van der Waals surface area contributed by atoms with E-state index in [2.05, 4.69) is 0 Å². The van der Waals surface area contributed by atoms with E-state index in [0.717, 1.165) is 24.3 Å². The van der Waals surface area contributed by atoms with Gasteiger partial charge in [0.1, 0.15) is 0 Å². The summed E-state index contributed by atoms with van der Waals surface area (Å²) in [6, 6.07) is 4.11. The van der Waals surface area contributed by atoms with Crippen LogP contribution in [0.5, 0.6) is 0 Å². The highest BCUT2D eigenvalue weighted by Gasteiger charge is 2.26. The zero-order valence-corrected chi connectivity index (χ0v) is 12.5. The zero-order valence-electron chi connectivity index (χ0n) is 11.7. The molecule has 0 bridgehead atoms. The molecular formula is C13H15F2NO5S. The number of alkyl halides is 2. The second-order valence-corrected chi connectivity index (χ2v) is 6.28. The third kappa shape index (κ3) is 4.23. The Hall–Kier alpha value is -2.03. The monoisotopic (exact) mass is 335 g/mol. The van der Waals surface area contributed by atoms with Gasteiger partial charge in [-0.25, -0.2) is 8.42 Å². The quantitative estimate of drug-likeness (QED) is 0.817. The summed E-state index contributed by atoms with van der Waals surface area (Å²) < 4.78 is 47.3. The fraction of sp³-hybridized carbons (Fsp3) is 0.385. The van der Waals surface area contributed by atoms with Crippen molar-refractivity contribution in [3.8, 4) is 0 Å². The summed E-state index contributed by atoms with van der Waals surface area (Å²) in [5, 5.41) is 8.61. The van der Waals surface area contributed by atoms with E-state index >= 15 is 0 Å². The fourth-order valence-corrected chi connectivity index (χ4v) is 2.43. The van der Waals surface area contributed by atoms with Crippen LogP contribution >= 0.6 is 0 Å². The molecule has 0 saturated carbocycles. The maximum Gasteiger partial charge on any atom is 0.341 e. The summed E-state index contributed by atoms with van der Waals surface area (Å²) >= 11 is 0. The van der Waals surface area contributed by atoms with Crippen molar-refractivity contribution >= 4 is 21.7 Å². The van der Waals surface area contributed by atoms with Crippen LogP contribution in [0.4, 0.5) is 8.78 Å². The van der Waals surface area contributed by atoms with Crippen molar-refractivity contribution in [3.05, 3.63) is 29.8 Å². The Morgan fingerprint density at radius 1 is 1.23 bits per heavy atom. The van der Waals surface area contributed by atoms with Gasteiger partial charge in [0.2, 0.25) is 9.84 Å². The Morgan fingerprint density at radius 2 is 1.77 bits per heavy atom. The molecule has 0 spiro atoms. The van der Waals surface area contributed by atoms with E-state index in [1.165, 1.54) is 4.90 Å². The highest BCUT2D eigenvalue weighted by Crippen LogP contribution is 2.19. The Labute approximate surface area is 126 Å². The Morgan fingerprint density at radius 3 is 2.18 bits per heavy atom. The zero-order chi connectivity index (χ0) is 16.9. The molecule has 0 aliphatic heterocycles. The molecule has 1 rings (SSSR count). The summed E-state index contributed by atoms with van der Waals surface area (Å²) in [4.78, 5) is 23.3.